The van der Waals surface area contributed by atoms with Gasteiger partial charge in [-0.25, -0.2) is 9.18 Å². The summed E-state index contributed by atoms with van der Waals surface area (Å²) < 4.78 is 18.1. The number of hydrogen-bond donors (Lipinski definition) is 1. The first kappa shape index (κ1) is 11.0. The van der Waals surface area contributed by atoms with E-state index in [0.29, 0.717) is 0 Å². The third kappa shape index (κ3) is 2.44. The second-order valence-corrected chi connectivity index (χ2v) is 2.81. The molecule has 1 aromatic rings. The van der Waals surface area contributed by atoms with E-state index in [0.717, 1.165) is 6.07 Å². The van der Waals surface area contributed by atoms with Gasteiger partial charge in [-0.3, -0.25) is 0 Å². The summed E-state index contributed by atoms with van der Waals surface area (Å²) in [5.74, 6) is -2.49. The number of halogens is 1. The van der Waals surface area contributed by atoms with E-state index in [-0.39, 0.29) is 5.56 Å². The average molecular weight is 209 g/mol. The van der Waals surface area contributed by atoms with Crippen LogP contribution in [0.1, 0.15) is 17.3 Å². The van der Waals surface area contributed by atoms with Gasteiger partial charge in [0, 0.05) is 0 Å². The quantitative estimate of drug-likeness (QED) is 0.824. The lowest BCUT2D eigenvalue weighted by molar-refractivity contribution is 0.0690. The zero-order valence-electron chi connectivity index (χ0n) is 7.90. The summed E-state index contributed by atoms with van der Waals surface area (Å²) in [5, 5.41) is 17.2. The number of ether oxygens (including phenoxy) is 1. The molecule has 0 spiro atoms. The Labute approximate surface area is 85.5 Å². The number of nitriles is 1. The molecule has 1 unspecified atom stereocenters. The number of carboxylic acids is 1. The molecule has 15 heavy (non-hydrogen) atoms. The second-order valence-electron chi connectivity index (χ2n) is 2.81. The fourth-order valence-electron chi connectivity index (χ4n) is 1.00. The molecule has 0 aliphatic rings. The summed E-state index contributed by atoms with van der Waals surface area (Å²) >= 11 is 0. The molecule has 5 heteroatoms. The zero-order chi connectivity index (χ0) is 11.4. The van der Waals surface area contributed by atoms with Gasteiger partial charge in [-0.2, -0.15) is 5.26 Å². The molecule has 1 N–H and O–H groups in total. The van der Waals surface area contributed by atoms with Gasteiger partial charge in [0.05, 0.1) is 0 Å². The lowest BCUT2D eigenvalue weighted by atomic mass is 10.2. The lowest BCUT2D eigenvalue weighted by Gasteiger charge is -2.10. The van der Waals surface area contributed by atoms with Crippen LogP contribution < -0.4 is 4.74 Å². The minimum atomic E-state index is -1.30. The molecule has 78 valence electrons. The maximum absolute atomic E-state index is 13.2. The highest BCUT2D eigenvalue weighted by Gasteiger charge is 2.17. The molecule has 0 aliphatic carbocycles. The molecular formula is C10H8FNO3. The van der Waals surface area contributed by atoms with E-state index in [1.54, 1.807) is 6.07 Å². The number of benzene rings is 1. The van der Waals surface area contributed by atoms with Gasteiger partial charge >= 0.3 is 5.97 Å². The van der Waals surface area contributed by atoms with Crippen LogP contribution in [-0.2, 0) is 0 Å². The molecule has 0 amide bonds. The molecule has 4 nitrogen and oxygen atoms in total. The Hall–Kier alpha value is -2.09. The zero-order valence-corrected chi connectivity index (χ0v) is 7.90. The molecule has 0 aliphatic heterocycles. The van der Waals surface area contributed by atoms with Crippen LogP contribution in [0.2, 0.25) is 0 Å². The molecule has 0 radical (unpaired) electrons. The van der Waals surface area contributed by atoms with E-state index in [1.807, 2.05) is 0 Å². The topological polar surface area (TPSA) is 70.3 Å². The SMILES string of the molecule is CC(C#N)Oc1c(F)cccc1C(=O)O. The van der Waals surface area contributed by atoms with Crippen LogP contribution in [0.25, 0.3) is 0 Å². The summed E-state index contributed by atoms with van der Waals surface area (Å²) in [6.07, 6.45) is -0.903. The summed E-state index contributed by atoms with van der Waals surface area (Å²) in [6.45, 7) is 1.40. The molecule has 1 rings (SSSR count). The van der Waals surface area contributed by atoms with Crippen molar-refractivity contribution in [3.63, 3.8) is 0 Å². The van der Waals surface area contributed by atoms with Gasteiger partial charge in [0.1, 0.15) is 11.6 Å². The van der Waals surface area contributed by atoms with Crippen molar-refractivity contribution >= 4 is 5.97 Å². The molecule has 0 saturated carbocycles. The average Bonchev–Trinajstić information content (AvgIpc) is 2.20. The number of carboxylic acid groups (broad SMARTS) is 1. The number of nitrogens with zero attached hydrogens (tertiary/aromatic N) is 1. The molecule has 1 aromatic carbocycles. The molecule has 0 heterocycles. The molecule has 1 atom stereocenters. The molecule has 0 fully saturated rings. The highest BCUT2D eigenvalue weighted by Crippen LogP contribution is 2.23. The van der Waals surface area contributed by atoms with E-state index < -0.39 is 23.6 Å². The second kappa shape index (κ2) is 4.42. The van der Waals surface area contributed by atoms with Crippen LogP contribution in [0.4, 0.5) is 4.39 Å². The monoisotopic (exact) mass is 209 g/mol. The Bertz CT molecular complexity index is 425. The maximum Gasteiger partial charge on any atom is 0.339 e. The normalized spacial score (nSPS) is 11.5. The fraction of sp³-hybridized carbons (Fsp3) is 0.200. The smallest absolute Gasteiger partial charge is 0.339 e. The first-order valence-corrected chi connectivity index (χ1v) is 4.14. The number of rotatable bonds is 3. The Morgan fingerprint density at radius 1 is 1.67 bits per heavy atom. The highest BCUT2D eigenvalue weighted by atomic mass is 19.1. The van der Waals surface area contributed by atoms with E-state index in [9.17, 15) is 9.18 Å². The van der Waals surface area contributed by atoms with Crippen LogP contribution >= 0.6 is 0 Å². The van der Waals surface area contributed by atoms with Gasteiger partial charge in [-0.15, -0.1) is 0 Å². The number of carbonyl (C=O) groups is 1. The first-order chi connectivity index (χ1) is 7.06. The summed E-state index contributed by atoms with van der Waals surface area (Å²) in [4.78, 5) is 10.7. The molecule has 0 bridgehead atoms. The largest absolute Gasteiger partial charge is 0.478 e. The van der Waals surface area contributed by atoms with E-state index in [2.05, 4.69) is 0 Å². The third-order valence-corrected chi connectivity index (χ3v) is 1.67. The summed E-state index contributed by atoms with van der Waals surface area (Å²) in [7, 11) is 0. The maximum atomic E-state index is 13.2. The van der Waals surface area contributed by atoms with Crippen molar-refractivity contribution in [3.05, 3.63) is 29.6 Å². The van der Waals surface area contributed by atoms with Crippen molar-refractivity contribution in [2.45, 2.75) is 13.0 Å². The first-order valence-electron chi connectivity index (χ1n) is 4.14. The van der Waals surface area contributed by atoms with Crippen LogP contribution in [-0.4, -0.2) is 17.2 Å². The third-order valence-electron chi connectivity index (χ3n) is 1.67. The van der Waals surface area contributed by atoms with Crippen LogP contribution in [0, 0.1) is 17.1 Å². The van der Waals surface area contributed by atoms with Gasteiger partial charge in [0.25, 0.3) is 0 Å². The van der Waals surface area contributed by atoms with E-state index in [1.165, 1.54) is 19.1 Å². The number of aromatic carboxylic acids is 1. The molecule has 0 saturated heterocycles. The van der Waals surface area contributed by atoms with Gasteiger partial charge in [-0.05, 0) is 19.1 Å². The van der Waals surface area contributed by atoms with Crippen molar-refractivity contribution in [2.24, 2.45) is 0 Å². The van der Waals surface area contributed by atoms with Crippen molar-refractivity contribution < 1.29 is 19.0 Å². The standard InChI is InChI=1S/C10H8FNO3/c1-6(5-12)15-9-7(10(13)14)3-2-4-8(9)11/h2-4,6H,1H3,(H,13,14). The minimum absolute atomic E-state index is 0.294. The van der Waals surface area contributed by atoms with Crippen LogP contribution in [0.3, 0.4) is 0 Å². The minimum Gasteiger partial charge on any atom is -0.478 e. The fourth-order valence-corrected chi connectivity index (χ4v) is 1.00. The van der Waals surface area contributed by atoms with Crippen LogP contribution in [0.5, 0.6) is 5.75 Å². The van der Waals surface area contributed by atoms with Gasteiger partial charge in [0.2, 0.25) is 0 Å². The predicted octanol–water partition coefficient (Wildman–Crippen LogP) is 1.81. The summed E-state index contributed by atoms with van der Waals surface area (Å²) in [6, 6.07) is 5.28. The Kier molecular flexibility index (Phi) is 3.24. The van der Waals surface area contributed by atoms with Gasteiger partial charge in [-0.1, -0.05) is 6.07 Å². The van der Waals surface area contributed by atoms with Crippen LogP contribution in [0.15, 0.2) is 18.2 Å². The van der Waals surface area contributed by atoms with Crippen molar-refractivity contribution in [1.82, 2.24) is 0 Å². The Balaban J connectivity index is 3.14. The van der Waals surface area contributed by atoms with Crippen molar-refractivity contribution in [2.75, 3.05) is 0 Å². The highest BCUT2D eigenvalue weighted by molar-refractivity contribution is 5.90. The summed E-state index contributed by atoms with van der Waals surface area (Å²) in [5.41, 5.74) is -0.294. The van der Waals surface area contributed by atoms with E-state index in [4.69, 9.17) is 15.1 Å². The van der Waals surface area contributed by atoms with Crippen molar-refractivity contribution in [1.29, 1.82) is 5.26 Å². The van der Waals surface area contributed by atoms with Crippen molar-refractivity contribution in [3.8, 4) is 11.8 Å². The molecular weight excluding hydrogens is 201 g/mol. The Morgan fingerprint density at radius 3 is 2.87 bits per heavy atom. The predicted molar refractivity (Wildman–Crippen MR) is 49.1 cm³/mol. The van der Waals surface area contributed by atoms with Gasteiger partial charge < -0.3 is 9.84 Å². The Morgan fingerprint density at radius 2 is 2.33 bits per heavy atom. The number of hydrogen-bond acceptors (Lipinski definition) is 3. The van der Waals surface area contributed by atoms with Gasteiger partial charge in [0.15, 0.2) is 17.7 Å². The number of para-hydroxylation sites is 1. The lowest BCUT2D eigenvalue weighted by Crippen LogP contribution is -2.13. The van der Waals surface area contributed by atoms with E-state index >= 15 is 0 Å². The molecule has 0 aromatic heterocycles.